The molecule has 2 aromatic rings. The Hall–Kier alpha value is -2.71. The van der Waals surface area contributed by atoms with Gasteiger partial charge >= 0.3 is 0 Å². The van der Waals surface area contributed by atoms with Crippen LogP contribution in [0, 0.1) is 11.3 Å². The number of methoxy groups -OCH3 is 3. The van der Waals surface area contributed by atoms with Crippen LogP contribution in [0.25, 0.3) is 0 Å². The summed E-state index contributed by atoms with van der Waals surface area (Å²) in [6.45, 7) is 1.32. The molecule has 0 radical (unpaired) electrons. The van der Waals surface area contributed by atoms with Gasteiger partial charge in [0.05, 0.1) is 33.0 Å². The normalized spacial score (nSPS) is 10.3. The third-order valence-electron chi connectivity index (χ3n) is 3.80. The van der Waals surface area contributed by atoms with E-state index in [2.05, 4.69) is 11.0 Å². The summed E-state index contributed by atoms with van der Waals surface area (Å²) in [6.07, 6.45) is 0. The van der Waals surface area contributed by atoms with Gasteiger partial charge < -0.3 is 14.2 Å². The predicted octanol–water partition coefficient (Wildman–Crippen LogP) is 3.22. The Labute approximate surface area is 143 Å². The summed E-state index contributed by atoms with van der Waals surface area (Å²) in [6, 6.07) is 13.7. The number of rotatable bonds is 7. The van der Waals surface area contributed by atoms with Crippen LogP contribution in [0.2, 0.25) is 0 Å². The molecule has 0 aliphatic heterocycles. The smallest absolute Gasteiger partial charge is 0.203 e. The van der Waals surface area contributed by atoms with E-state index in [4.69, 9.17) is 14.2 Å². The molecule has 0 bridgehead atoms. The van der Waals surface area contributed by atoms with E-state index in [0.29, 0.717) is 35.9 Å². The van der Waals surface area contributed by atoms with Crippen molar-refractivity contribution in [1.82, 2.24) is 4.90 Å². The SMILES string of the molecule is COc1ccc(CN(C)Cc2ccccc2C#N)c(OC)c1OC. The molecule has 0 aliphatic rings. The van der Waals surface area contributed by atoms with Crippen LogP contribution in [-0.2, 0) is 13.1 Å². The molecule has 0 unspecified atom stereocenters. The minimum Gasteiger partial charge on any atom is -0.493 e. The second-order valence-corrected chi connectivity index (χ2v) is 5.43. The summed E-state index contributed by atoms with van der Waals surface area (Å²) in [5, 5.41) is 9.21. The van der Waals surface area contributed by atoms with Crippen molar-refractivity contribution < 1.29 is 14.2 Å². The van der Waals surface area contributed by atoms with E-state index in [0.717, 1.165) is 11.1 Å². The summed E-state index contributed by atoms with van der Waals surface area (Å²) >= 11 is 0. The first-order valence-corrected chi connectivity index (χ1v) is 7.59. The number of hydrogen-bond donors (Lipinski definition) is 0. The van der Waals surface area contributed by atoms with E-state index in [1.807, 2.05) is 43.4 Å². The average Bonchev–Trinajstić information content (AvgIpc) is 2.61. The van der Waals surface area contributed by atoms with Crippen LogP contribution in [0.4, 0.5) is 0 Å². The van der Waals surface area contributed by atoms with Gasteiger partial charge in [-0.3, -0.25) is 4.90 Å². The van der Waals surface area contributed by atoms with Gasteiger partial charge in [0.25, 0.3) is 0 Å². The van der Waals surface area contributed by atoms with E-state index in [9.17, 15) is 5.26 Å². The third kappa shape index (κ3) is 3.79. The molecule has 0 fully saturated rings. The Balaban J connectivity index is 2.23. The minimum atomic E-state index is 0.586. The van der Waals surface area contributed by atoms with Gasteiger partial charge in [-0.15, -0.1) is 0 Å². The van der Waals surface area contributed by atoms with Crippen molar-refractivity contribution in [2.24, 2.45) is 0 Å². The van der Waals surface area contributed by atoms with Gasteiger partial charge in [0.2, 0.25) is 5.75 Å². The fourth-order valence-corrected chi connectivity index (χ4v) is 2.69. The van der Waals surface area contributed by atoms with Gasteiger partial charge in [-0.1, -0.05) is 24.3 Å². The lowest BCUT2D eigenvalue weighted by atomic mass is 10.1. The van der Waals surface area contributed by atoms with Crippen LogP contribution < -0.4 is 14.2 Å². The largest absolute Gasteiger partial charge is 0.493 e. The number of hydrogen-bond acceptors (Lipinski definition) is 5. The maximum absolute atomic E-state index is 9.21. The number of ether oxygens (including phenoxy) is 3. The number of benzene rings is 2. The zero-order valence-electron chi connectivity index (χ0n) is 14.5. The highest BCUT2D eigenvalue weighted by Gasteiger charge is 2.17. The van der Waals surface area contributed by atoms with Gasteiger partial charge in [-0.05, 0) is 24.7 Å². The van der Waals surface area contributed by atoms with Crippen LogP contribution >= 0.6 is 0 Å². The van der Waals surface area contributed by atoms with Crippen LogP contribution in [0.15, 0.2) is 36.4 Å². The van der Waals surface area contributed by atoms with E-state index in [-0.39, 0.29) is 0 Å². The van der Waals surface area contributed by atoms with E-state index < -0.39 is 0 Å². The molecule has 5 nitrogen and oxygen atoms in total. The average molecular weight is 326 g/mol. The quantitative estimate of drug-likeness (QED) is 0.782. The van der Waals surface area contributed by atoms with Gasteiger partial charge in [-0.25, -0.2) is 0 Å². The summed E-state index contributed by atoms with van der Waals surface area (Å²) in [5.41, 5.74) is 2.69. The minimum absolute atomic E-state index is 0.586. The zero-order valence-corrected chi connectivity index (χ0v) is 14.5. The van der Waals surface area contributed by atoms with E-state index in [1.165, 1.54) is 0 Å². The second-order valence-electron chi connectivity index (χ2n) is 5.43. The topological polar surface area (TPSA) is 54.7 Å². The maximum atomic E-state index is 9.21. The molecule has 0 amide bonds. The molecule has 24 heavy (non-hydrogen) atoms. The Bertz CT molecular complexity index is 738. The Morgan fingerprint density at radius 2 is 1.54 bits per heavy atom. The highest BCUT2D eigenvalue weighted by Crippen LogP contribution is 2.40. The van der Waals surface area contributed by atoms with Gasteiger partial charge in [0.1, 0.15) is 0 Å². The zero-order chi connectivity index (χ0) is 17.5. The van der Waals surface area contributed by atoms with Crippen LogP contribution in [0.1, 0.15) is 16.7 Å². The first kappa shape index (κ1) is 17.6. The van der Waals surface area contributed by atoms with E-state index >= 15 is 0 Å². The molecule has 0 saturated heterocycles. The lowest BCUT2D eigenvalue weighted by molar-refractivity contribution is 0.296. The summed E-state index contributed by atoms with van der Waals surface area (Å²) < 4.78 is 16.3. The molecule has 0 atom stereocenters. The molecule has 0 heterocycles. The Morgan fingerprint density at radius 3 is 2.17 bits per heavy atom. The fourth-order valence-electron chi connectivity index (χ4n) is 2.69. The van der Waals surface area contributed by atoms with Crippen LogP contribution in [0.5, 0.6) is 17.2 Å². The van der Waals surface area contributed by atoms with Crippen molar-refractivity contribution in [3.63, 3.8) is 0 Å². The molecule has 5 heteroatoms. The van der Waals surface area contributed by atoms with Crippen LogP contribution in [-0.4, -0.2) is 33.3 Å². The molecular formula is C19H22N2O3. The first-order valence-electron chi connectivity index (χ1n) is 7.59. The second kappa shape index (κ2) is 8.23. The van der Waals surface area contributed by atoms with E-state index in [1.54, 1.807) is 21.3 Å². The van der Waals surface area contributed by atoms with Gasteiger partial charge in [0.15, 0.2) is 11.5 Å². The molecule has 126 valence electrons. The van der Waals surface area contributed by atoms with Crippen molar-refractivity contribution in [3.8, 4) is 23.3 Å². The lowest BCUT2D eigenvalue weighted by Crippen LogP contribution is -2.18. The standard InChI is InChI=1S/C19H22N2O3/c1-21(12-15-8-6-5-7-14(15)11-20)13-16-9-10-17(22-2)19(24-4)18(16)23-3/h5-10H,12-13H2,1-4H3. The van der Waals surface area contributed by atoms with Crippen molar-refractivity contribution in [2.45, 2.75) is 13.1 Å². The fraction of sp³-hybridized carbons (Fsp3) is 0.316. The lowest BCUT2D eigenvalue weighted by Gasteiger charge is -2.21. The highest BCUT2D eigenvalue weighted by atomic mass is 16.5. The van der Waals surface area contributed by atoms with Crippen molar-refractivity contribution in [2.75, 3.05) is 28.4 Å². The Morgan fingerprint density at radius 1 is 0.875 bits per heavy atom. The monoisotopic (exact) mass is 326 g/mol. The number of nitrogens with zero attached hydrogens (tertiary/aromatic N) is 2. The molecular weight excluding hydrogens is 304 g/mol. The molecule has 0 N–H and O–H groups in total. The van der Waals surface area contributed by atoms with Gasteiger partial charge in [0, 0.05) is 18.7 Å². The maximum Gasteiger partial charge on any atom is 0.203 e. The predicted molar refractivity (Wildman–Crippen MR) is 92.4 cm³/mol. The summed E-state index contributed by atoms with van der Waals surface area (Å²) in [5.74, 6) is 1.89. The first-order chi connectivity index (χ1) is 11.6. The molecule has 0 saturated carbocycles. The van der Waals surface area contributed by atoms with Crippen molar-refractivity contribution in [1.29, 1.82) is 5.26 Å². The summed E-state index contributed by atoms with van der Waals surface area (Å²) in [7, 11) is 6.81. The Kier molecular flexibility index (Phi) is 6.05. The van der Waals surface area contributed by atoms with Crippen molar-refractivity contribution >= 4 is 0 Å². The van der Waals surface area contributed by atoms with Gasteiger partial charge in [-0.2, -0.15) is 5.26 Å². The summed E-state index contributed by atoms with van der Waals surface area (Å²) in [4.78, 5) is 2.12. The number of nitriles is 1. The van der Waals surface area contributed by atoms with Crippen LogP contribution in [0.3, 0.4) is 0 Å². The molecule has 0 aliphatic carbocycles. The molecule has 2 aromatic carbocycles. The molecule has 0 spiro atoms. The highest BCUT2D eigenvalue weighted by molar-refractivity contribution is 5.55. The molecule has 2 rings (SSSR count). The van der Waals surface area contributed by atoms with Crippen molar-refractivity contribution in [3.05, 3.63) is 53.1 Å². The third-order valence-corrected chi connectivity index (χ3v) is 3.80. The molecule has 0 aromatic heterocycles.